The Hall–Kier alpha value is -2.68. The number of sulfonamides is 2. The molecule has 4 heterocycles. The van der Waals surface area contributed by atoms with Gasteiger partial charge in [-0.1, -0.05) is 6.07 Å². The van der Waals surface area contributed by atoms with Crippen molar-refractivity contribution in [2.75, 3.05) is 38.5 Å². The predicted molar refractivity (Wildman–Crippen MR) is 118 cm³/mol. The second-order valence-electron chi connectivity index (χ2n) is 7.43. The van der Waals surface area contributed by atoms with Crippen LogP contribution in [-0.2, 0) is 24.8 Å². The van der Waals surface area contributed by atoms with E-state index in [1.807, 2.05) is 0 Å². The van der Waals surface area contributed by atoms with Crippen LogP contribution in [-0.4, -0.2) is 89.9 Å². The molecule has 0 N–H and O–H groups in total. The van der Waals surface area contributed by atoms with Gasteiger partial charge in [0.05, 0.1) is 23.1 Å². The van der Waals surface area contributed by atoms with Crippen LogP contribution >= 0.6 is 11.7 Å². The van der Waals surface area contributed by atoms with E-state index in [4.69, 9.17) is 0 Å². The SMILES string of the molecule is O=C(C1=CN2CCS(=O)(=O)N=C2C=C1)N1CCN(S(=O)(=O)c2cccc3nsnc23)CC1. The van der Waals surface area contributed by atoms with E-state index in [9.17, 15) is 21.6 Å². The molecule has 32 heavy (non-hydrogen) atoms. The molecule has 1 amide bonds. The van der Waals surface area contributed by atoms with Gasteiger partial charge in [0.25, 0.3) is 15.9 Å². The van der Waals surface area contributed by atoms with Crippen LogP contribution < -0.4 is 0 Å². The molecule has 0 spiro atoms. The molecule has 0 unspecified atom stereocenters. The van der Waals surface area contributed by atoms with Gasteiger partial charge in [-0.3, -0.25) is 4.79 Å². The molecule has 2 aromatic rings. The average Bonchev–Trinajstić information content (AvgIpc) is 3.26. The fourth-order valence-corrected chi connectivity index (χ4v) is 6.91. The zero-order valence-corrected chi connectivity index (χ0v) is 19.1. The fraction of sp³-hybridized carbons (Fsp3) is 0.333. The van der Waals surface area contributed by atoms with E-state index < -0.39 is 20.0 Å². The Labute approximate surface area is 188 Å². The molecule has 3 aliphatic heterocycles. The Kier molecular flexibility index (Phi) is 5.11. The van der Waals surface area contributed by atoms with Crippen molar-refractivity contribution in [3.05, 3.63) is 42.1 Å². The van der Waals surface area contributed by atoms with Gasteiger partial charge in [-0.25, -0.2) is 16.8 Å². The smallest absolute Gasteiger partial charge is 0.256 e. The van der Waals surface area contributed by atoms with Gasteiger partial charge in [-0.05, 0) is 24.3 Å². The average molecular weight is 495 g/mol. The Morgan fingerprint density at radius 3 is 2.59 bits per heavy atom. The normalized spacial score (nSPS) is 21.2. The number of piperazine rings is 1. The highest BCUT2D eigenvalue weighted by Gasteiger charge is 2.33. The number of amidine groups is 1. The second-order valence-corrected chi connectivity index (χ2v) is 11.6. The van der Waals surface area contributed by atoms with Crippen LogP contribution in [0.3, 0.4) is 0 Å². The van der Waals surface area contributed by atoms with Crippen molar-refractivity contribution in [2.45, 2.75) is 4.90 Å². The number of carbonyl (C=O) groups excluding carboxylic acids is 1. The minimum atomic E-state index is -3.77. The molecule has 1 saturated heterocycles. The topological polar surface area (TPSA) is 133 Å². The van der Waals surface area contributed by atoms with Crippen molar-refractivity contribution in [3.8, 4) is 0 Å². The van der Waals surface area contributed by atoms with Crippen LogP contribution in [0.4, 0.5) is 0 Å². The number of nitrogens with zero attached hydrogens (tertiary/aromatic N) is 6. The summed E-state index contributed by atoms with van der Waals surface area (Å²) in [5.74, 6) is -0.0638. The summed E-state index contributed by atoms with van der Waals surface area (Å²) >= 11 is 0.963. The summed E-state index contributed by atoms with van der Waals surface area (Å²) in [7, 11) is -7.23. The quantitative estimate of drug-likeness (QED) is 0.583. The maximum atomic E-state index is 13.2. The highest BCUT2D eigenvalue weighted by atomic mass is 32.2. The summed E-state index contributed by atoms with van der Waals surface area (Å²) in [6, 6.07) is 4.88. The number of aromatic nitrogens is 2. The van der Waals surface area contributed by atoms with Gasteiger partial charge in [0.2, 0.25) is 10.0 Å². The van der Waals surface area contributed by atoms with E-state index in [0.29, 0.717) is 16.6 Å². The largest absolute Gasteiger partial charge is 0.336 e. The molecule has 11 nitrogen and oxygen atoms in total. The molecular weight excluding hydrogens is 476 g/mol. The lowest BCUT2D eigenvalue weighted by atomic mass is 10.1. The molecule has 0 aliphatic carbocycles. The lowest BCUT2D eigenvalue weighted by molar-refractivity contribution is -0.128. The minimum absolute atomic E-state index is 0.111. The van der Waals surface area contributed by atoms with Crippen molar-refractivity contribution >= 4 is 54.6 Å². The summed E-state index contributed by atoms with van der Waals surface area (Å²) in [4.78, 5) is 16.3. The van der Waals surface area contributed by atoms with Crippen molar-refractivity contribution < 1.29 is 21.6 Å². The van der Waals surface area contributed by atoms with E-state index in [1.165, 1.54) is 22.5 Å². The van der Waals surface area contributed by atoms with Crippen molar-refractivity contribution in [2.24, 2.45) is 4.40 Å². The first-order chi connectivity index (χ1) is 15.2. The van der Waals surface area contributed by atoms with Crippen molar-refractivity contribution in [1.82, 2.24) is 22.9 Å². The first-order valence-corrected chi connectivity index (χ1v) is 13.5. The first kappa shape index (κ1) is 21.2. The van der Waals surface area contributed by atoms with Gasteiger partial charge in [0.1, 0.15) is 21.8 Å². The van der Waals surface area contributed by atoms with E-state index in [1.54, 1.807) is 28.1 Å². The molecule has 1 aromatic heterocycles. The summed E-state index contributed by atoms with van der Waals surface area (Å²) in [5.41, 5.74) is 1.29. The highest BCUT2D eigenvalue weighted by Crippen LogP contribution is 2.26. The Balaban J connectivity index is 1.29. The standard InChI is InChI=1S/C18H18N6O5S3/c25-18(13-4-5-16-21-31(26,27)11-10-23(16)12-13)22-6-8-24(9-7-22)32(28,29)15-3-1-2-14-17(15)20-30-19-14/h1-5,12H,6-11H2. The Morgan fingerprint density at radius 2 is 1.81 bits per heavy atom. The number of amides is 1. The summed E-state index contributed by atoms with van der Waals surface area (Å²) < 4.78 is 62.9. The van der Waals surface area contributed by atoms with Crippen molar-refractivity contribution in [3.63, 3.8) is 0 Å². The summed E-state index contributed by atoms with van der Waals surface area (Å²) in [6.07, 6.45) is 4.64. The molecule has 14 heteroatoms. The molecule has 3 aliphatic rings. The first-order valence-electron chi connectivity index (χ1n) is 9.74. The third kappa shape index (κ3) is 3.72. The number of rotatable bonds is 3. The van der Waals surface area contributed by atoms with Gasteiger partial charge in [-0.15, -0.1) is 4.40 Å². The lowest BCUT2D eigenvalue weighted by Crippen LogP contribution is -2.51. The molecule has 0 radical (unpaired) electrons. The third-order valence-corrected chi connectivity index (χ3v) is 9.10. The molecule has 0 atom stereocenters. The Bertz CT molecular complexity index is 1400. The summed E-state index contributed by atoms with van der Waals surface area (Å²) in [5, 5.41) is 0. The van der Waals surface area contributed by atoms with Gasteiger partial charge in [0.15, 0.2) is 0 Å². The monoisotopic (exact) mass is 494 g/mol. The number of hydrogen-bond acceptors (Lipinski definition) is 9. The number of fused-ring (bicyclic) bond motifs is 2. The molecule has 0 saturated carbocycles. The van der Waals surface area contributed by atoms with Gasteiger partial charge >= 0.3 is 0 Å². The molecule has 1 aromatic carbocycles. The number of carbonyl (C=O) groups is 1. The van der Waals surface area contributed by atoms with Crippen LogP contribution in [0.2, 0.25) is 0 Å². The van der Waals surface area contributed by atoms with Crippen LogP contribution in [0.15, 0.2) is 51.4 Å². The molecule has 5 rings (SSSR count). The van der Waals surface area contributed by atoms with E-state index in [0.717, 1.165) is 11.7 Å². The zero-order valence-electron chi connectivity index (χ0n) is 16.7. The lowest BCUT2D eigenvalue weighted by Gasteiger charge is -2.35. The third-order valence-electron chi connectivity index (χ3n) is 5.46. The van der Waals surface area contributed by atoms with Crippen LogP contribution in [0.25, 0.3) is 11.0 Å². The van der Waals surface area contributed by atoms with Gasteiger partial charge < -0.3 is 9.80 Å². The number of hydrogen-bond donors (Lipinski definition) is 0. The number of benzene rings is 1. The van der Waals surface area contributed by atoms with Crippen molar-refractivity contribution in [1.29, 1.82) is 0 Å². The van der Waals surface area contributed by atoms with E-state index in [-0.39, 0.29) is 55.1 Å². The Morgan fingerprint density at radius 1 is 1.03 bits per heavy atom. The van der Waals surface area contributed by atoms with E-state index >= 15 is 0 Å². The fourth-order valence-electron chi connectivity index (χ4n) is 3.77. The molecule has 0 bridgehead atoms. The molecule has 1 fully saturated rings. The maximum Gasteiger partial charge on any atom is 0.256 e. The van der Waals surface area contributed by atoms with Gasteiger partial charge in [-0.2, -0.15) is 13.1 Å². The van der Waals surface area contributed by atoms with E-state index in [2.05, 4.69) is 13.1 Å². The zero-order chi connectivity index (χ0) is 22.5. The predicted octanol–water partition coefficient (Wildman–Crippen LogP) is 0.0218. The van der Waals surface area contributed by atoms with Crippen LogP contribution in [0, 0.1) is 0 Å². The molecule has 168 valence electrons. The van der Waals surface area contributed by atoms with Crippen LogP contribution in [0.5, 0.6) is 0 Å². The summed E-state index contributed by atoms with van der Waals surface area (Å²) in [6.45, 7) is 1.03. The highest BCUT2D eigenvalue weighted by molar-refractivity contribution is 7.90. The minimum Gasteiger partial charge on any atom is -0.336 e. The van der Waals surface area contributed by atoms with Crippen LogP contribution in [0.1, 0.15) is 0 Å². The molecular formula is C18H18N6O5S3. The second kappa shape index (κ2) is 7.72. The maximum absolute atomic E-state index is 13.2. The van der Waals surface area contributed by atoms with Gasteiger partial charge in [0, 0.05) is 38.9 Å².